The summed E-state index contributed by atoms with van der Waals surface area (Å²) in [6.45, 7) is 1.40. The van der Waals surface area contributed by atoms with Gasteiger partial charge in [0.25, 0.3) is 0 Å². The van der Waals surface area contributed by atoms with Crippen molar-refractivity contribution in [1.82, 2.24) is 20.2 Å². The van der Waals surface area contributed by atoms with E-state index in [0.717, 1.165) is 16.7 Å². The van der Waals surface area contributed by atoms with Gasteiger partial charge >= 0.3 is 0 Å². The molecule has 0 fully saturated rings. The van der Waals surface area contributed by atoms with E-state index in [-0.39, 0.29) is 0 Å². The molecular formula is C6H12N4OS2. The molecule has 0 radical (unpaired) electrons. The summed E-state index contributed by atoms with van der Waals surface area (Å²) in [5.74, 6) is 1.62. The minimum absolute atomic E-state index is 0.695. The fourth-order valence-corrected chi connectivity index (χ4v) is 1.53. The highest BCUT2D eigenvalue weighted by atomic mass is 32.2. The van der Waals surface area contributed by atoms with Crippen LogP contribution in [0.15, 0.2) is 5.16 Å². The van der Waals surface area contributed by atoms with Gasteiger partial charge in [-0.25, -0.2) is 4.68 Å². The van der Waals surface area contributed by atoms with Crippen LogP contribution in [0.2, 0.25) is 0 Å². The first-order valence-corrected chi connectivity index (χ1v) is 5.50. The standard InChI is InChI=1S/C6H12N4OS2/c1-10-6(7-8-9-10)13-5-3-11-2-4-12/h12H,2-5H2,1H3. The Bertz CT molecular complexity index is 242. The van der Waals surface area contributed by atoms with Crippen LogP contribution in [-0.2, 0) is 11.8 Å². The van der Waals surface area contributed by atoms with E-state index >= 15 is 0 Å². The van der Waals surface area contributed by atoms with E-state index in [1.807, 2.05) is 7.05 Å². The lowest BCUT2D eigenvalue weighted by molar-refractivity contribution is 0.167. The summed E-state index contributed by atoms with van der Waals surface area (Å²) in [5.41, 5.74) is 0. The third-order valence-electron chi connectivity index (χ3n) is 1.28. The number of tetrazole rings is 1. The lowest BCUT2D eigenvalue weighted by Gasteiger charge is -2.00. The zero-order valence-electron chi connectivity index (χ0n) is 7.38. The van der Waals surface area contributed by atoms with Crippen LogP contribution in [0.25, 0.3) is 0 Å². The van der Waals surface area contributed by atoms with Crippen LogP contribution in [0.5, 0.6) is 0 Å². The van der Waals surface area contributed by atoms with Gasteiger partial charge in [-0.1, -0.05) is 11.8 Å². The molecule has 0 aromatic carbocycles. The Kier molecular flexibility index (Phi) is 5.18. The van der Waals surface area contributed by atoms with Crippen molar-refractivity contribution in [1.29, 1.82) is 0 Å². The van der Waals surface area contributed by atoms with Gasteiger partial charge in [0, 0.05) is 18.6 Å². The Balaban J connectivity index is 2.10. The molecule has 0 aliphatic rings. The van der Waals surface area contributed by atoms with Crippen LogP contribution >= 0.6 is 24.4 Å². The van der Waals surface area contributed by atoms with Crippen molar-refractivity contribution in [3.05, 3.63) is 0 Å². The molecule has 1 aromatic heterocycles. The second kappa shape index (κ2) is 6.22. The number of nitrogens with zero attached hydrogens (tertiary/aromatic N) is 4. The minimum atomic E-state index is 0.695. The van der Waals surface area contributed by atoms with Crippen molar-refractivity contribution in [3.63, 3.8) is 0 Å². The third-order valence-corrected chi connectivity index (χ3v) is 2.43. The van der Waals surface area contributed by atoms with E-state index in [4.69, 9.17) is 4.74 Å². The molecule has 1 aromatic rings. The van der Waals surface area contributed by atoms with Gasteiger partial charge < -0.3 is 4.74 Å². The highest BCUT2D eigenvalue weighted by molar-refractivity contribution is 7.99. The molecule has 0 saturated carbocycles. The number of aryl methyl sites for hydroxylation is 1. The van der Waals surface area contributed by atoms with E-state index in [2.05, 4.69) is 28.2 Å². The third kappa shape index (κ3) is 3.97. The average molecular weight is 220 g/mol. The van der Waals surface area contributed by atoms with Gasteiger partial charge in [0.2, 0.25) is 5.16 Å². The molecule has 0 atom stereocenters. The van der Waals surface area contributed by atoms with Crippen molar-refractivity contribution in [3.8, 4) is 0 Å². The summed E-state index contributed by atoms with van der Waals surface area (Å²) in [5, 5.41) is 11.9. The lowest BCUT2D eigenvalue weighted by Crippen LogP contribution is -2.01. The molecule has 0 spiro atoms. The largest absolute Gasteiger partial charge is 0.380 e. The van der Waals surface area contributed by atoms with Crippen molar-refractivity contribution < 1.29 is 4.74 Å². The molecule has 13 heavy (non-hydrogen) atoms. The first-order valence-electron chi connectivity index (χ1n) is 3.88. The SMILES string of the molecule is Cn1nnnc1SCCOCCS. The van der Waals surface area contributed by atoms with Crippen molar-refractivity contribution in [2.24, 2.45) is 7.05 Å². The number of ether oxygens (including phenoxy) is 1. The summed E-state index contributed by atoms with van der Waals surface area (Å²) in [4.78, 5) is 0. The zero-order valence-corrected chi connectivity index (χ0v) is 9.09. The van der Waals surface area contributed by atoms with Crippen molar-refractivity contribution in [2.45, 2.75) is 5.16 Å². The molecule has 1 rings (SSSR count). The Morgan fingerprint density at radius 3 is 3.00 bits per heavy atom. The molecule has 7 heteroatoms. The smallest absolute Gasteiger partial charge is 0.209 e. The molecule has 5 nitrogen and oxygen atoms in total. The Hall–Kier alpha value is -0.270. The van der Waals surface area contributed by atoms with E-state index in [9.17, 15) is 0 Å². The Labute approximate surface area is 86.6 Å². The van der Waals surface area contributed by atoms with Crippen molar-refractivity contribution >= 4 is 24.4 Å². The van der Waals surface area contributed by atoms with Gasteiger partial charge in [-0.05, 0) is 10.4 Å². The lowest BCUT2D eigenvalue weighted by atomic mass is 10.8. The van der Waals surface area contributed by atoms with E-state index in [1.54, 1.807) is 16.4 Å². The summed E-state index contributed by atoms with van der Waals surface area (Å²) >= 11 is 5.61. The summed E-state index contributed by atoms with van der Waals surface area (Å²) < 4.78 is 6.89. The highest BCUT2D eigenvalue weighted by Gasteiger charge is 2.01. The molecular weight excluding hydrogens is 208 g/mol. The van der Waals surface area contributed by atoms with Gasteiger partial charge in [-0.3, -0.25) is 0 Å². The number of aromatic nitrogens is 4. The number of thioether (sulfide) groups is 1. The topological polar surface area (TPSA) is 52.8 Å². The summed E-state index contributed by atoms with van der Waals surface area (Å²) in [6, 6.07) is 0. The average Bonchev–Trinajstić information content (AvgIpc) is 2.52. The van der Waals surface area contributed by atoms with Crippen LogP contribution in [0.4, 0.5) is 0 Å². The molecule has 1 heterocycles. The maximum Gasteiger partial charge on any atom is 0.209 e. The fourth-order valence-electron chi connectivity index (χ4n) is 0.702. The van der Waals surface area contributed by atoms with Crippen LogP contribution < -0.4 is 0 Å². The van der Waals surface area contributed by atoms with Crippen LogP contribution in [-0.4, -0.2) is 44.9 Å². The number of thiol groups is 1. The van der Waals surface area contributed by atoms with E-state index < -0.39 is 0 Å². The number of hydrogen-bond acceptors (Lipinski definition) is 6. The van der Waals surface area contributed by atoms with Crippen LogP contribution in [0.1, 0.15) is 0 Å². The Morgan fingerprint density at radius 1 is 1.54 bits per heavy atom. The Morgan fingerprint density at radius 2 is 2.38 bits per heavy atom. The van der Waals surface area contributed by atoms with Gasteiger partial charge in [-0.15, -0.1) is 5.10 Å². The molecule has 0 N–H and O–H groups in total. The van der Waals surface area contributed by atoms with Gasteiger partial charge in [-0.2, -0.15) is 12.6 Å². The van der Waals surface area contributed by atoms with Crippen molar-refractivity contribution in [2.75, 3.05) is 24.7 Å². The van der Waals surface area contributed by atoms with Gasteiger partial charge in [0.1, 0.15) is 0 Å². The highest BCUT2D eigenvalue weighted by Crippen LogP contribution is 2.11. The number of rotatable bonds is 6. The zero-order chi connectivity index (χ0) is 9.52. The first-order chi connectivity index (χ1) is 6.34. The molecule has 0 bridgehead atoms. The predicted molar refractivity (Wildman–Crippen MR) is 54.2 cm³/mol. The molecule has 0 aliphatic carbocycles. The van der Waals surface area contributed by atoms with Gasteiger partial charge in [0.05, 0.1) is 13.2 Å². The minimum Gasteiger partial charge on any atom is -0.380 e. The second-order valence-corrected chi connectivity index (χ2v) is 3.78. The molecule has 74 valence electrons. The quantitative estimate of drug-likeness (QED) is 0.423. The van der Waals surface area contributed by atoms with E-state index in [0.29, 0.717) is 13.2 Å². The molecule has 0 aliphatic heterocycles. The van der Waals surface area contributed by atoms with Crippen LogP contribution in [0, 0.1) is 0 Å². The first kappa shape index (κ1) is 10.8. The van der Waals surface area contributed by atoms with Crippen LogP contribution in [0.3, 0.4) is 0 Å². The molecule has 0 unspecified atom stereocenters. The summed E-state index contributed by atoms with van der Waals surface area (Å²) in [6.07, 6.45) is 0. The van der Waals surface area contributed by atoms with E-state index in [1.165, 1.54) is 0 Å². The molecule has 0 saturated heterocycles. The monoisotopic (exact) mass is 220 g/mol. The fraction of sp³-hybridized carbons (Fsp3) is 0.833. The maximum absolute atomic E-state index is 5.25. The predicted octanol–water partition coefficient (Wildman–Crippen LogP) is 0.249. The summed E-state index contributed by atoms with van der Waals surface area (Å²) in [7, 11) is 1.82. The maximum atomic E-state index is 5.25. The molecule has 0 amide bonds. The van der Waals surface area contributed by atoms with Gasteiger partial charge in [0.15, 0.2) is 0 Å². The second-order valence-electron chi connectivity index (χ2n) is 2.27. The number of hydrogen-bond donors (Lipinski definition) is 1. The normalized spacial score (nSPS) is 10.6.